The SMILES string of the molecule is CCOCC(C)Nc1cccc(CN(C)C(C)=O)c1. The fourth-order valence-electron chi connectivity index (χ4n) is 1.77. The van der Waals surface area contributed by atoms with Crippen LogP contribution >= 0.6 is 0 Å². The van der Waals surface area contributed by atoms with Crippen LogP contribution in [0.25, 0.3) is 0 Å². The normalized spacial score (nSPS) is 12.0. The number of nitrogens with one attached hydrogen (secondary N) is 1. The first kappa shape index (κ1) is 15.5. The number of rotatable bonds is 7. The van der Waals surface area contributed by atoms with Crippen molar-refractivity contribution in [2.45, 2.75) is 33.4 Å². The number of benzene rings is 1. The number of carbonyl (C=O) groups excluding carboxylic acids is 1. The van der Waals surface area contributed by atoms with Gasteiger partial charge in [-0.05, 0) is 31.5 Å². The van der Waals surface area contributed by atoms with Crippen LogP contribution in [0.3, 0.4) is 0 Å². The van der Waals surface area contributed by atoms with Crippen LogP contribution in [-0.2, 0) is 16.1 Å². The summed E-state index contributed by atoms with van der Waals surface area (Å²) < 4.78 is 5.38. The molecular formula is C15H24N2O2. The van der Waals surface area contributed by atoms with E-state index >= 15 is 0 Å². The highest BCUT2D eigenvalue weighted by Gasteiger charge is 2.05. The van der Waals surface area contributed by atoms with Gasteiger partial charge >= 0.3 is 0 Å². The molecular weight excluding hydrogens is 240 g/mol. The fourth-order valence-corrected chi connectivity index (χ4v) is 1.77. The van der Waals surface area contributed by atoms with Crippen molar-refractivity contribution in [2.24, 2.45) is 0 Å². The molecule has 1 amide bonds. The summed E-state index contributed by atoms with van der Waals surface area (Å²) in [6.45, 7) is 7.70. The Balaban J connectivity index is 2.59. The third-order valence-corrected chi connectivity index (χ3v) is 2.87. The number of anilines is 1. The molecule has 1 atom stereocenters. The lowest BCUT2D eigenvalue weighted by atomic mass is 10.2. The standard InChI is InChI=1S/C15H24N2O2/c1-5-19-11-12(2)16-15-8-6-7-14(9-15)10-17(4)13(3)18/h6-9,12,16H,5,10-11H2,1-4H3. The second-order valence-corrected chi connectivity index (χ2v) is 4.78. The smallest absolute Gasteiger partial charge is 0.219 e. The molecule has 0 aliphatic rings. The molecule has 1 N–H and O–H groups in total. The molecule has 4 nitrogen and oxygen atoms in total. The van der Waals surface area contributed by atoms with Gasteiger partial charge in [-0.3, -0.25) is 4.79 Å². The van der Waals surface area contributed by atoms with Crippen molar-refractivity contribution in [3.05, 3.63) is 29.8 Å². The van der Waals surface area contributed by atoms with Crippen LogP contribution in [0.5, 0.6) is 0 Å². The van der Waals surface area contributed by atoms with Crippen LogP contribution in [0.15, 0.2) is 24.3 Å². The molecule has 0 spiro atoms. The molecule has 0 bridgehead atoms. The minimum Gasteiger partial charge on any atom is -0.380 e. The first-order chi connectivity index (χ1) is 9.02. The Morgan fingerprint density at radius 3 is 2.84 bits per heavy atom. The molecule has 4 heteroatoms. The molecule has 0 radical (unpaired) electrons. The van der Waals surface area contributed by atoms with Crippen molar-refractivity contribution in [3.63, 3.8) is 0 Å². The molecule has 0 heterocycles. The highest BCUT2D eigenvalue weighted by molar-refractivity contribution is 5.72. The summed E-state index contributed by atoms with van der Waals surface area (Å²) in [6, 6.07) is 8.39. The average Bonchev–Trinajstić information content (AvgIpc) is 2.36. The van der Waals surface area contributed by atoms with Gasteiger partial charge in [-0.2, -0.15) is 0 Å². The largest absolute Gasteiger partial charge is 0.380 e. The molecule has 0 aromatic heterocycles. The Hall–Kier alpha value is -1.55. The van der Waals surface area contributed by atoms with E-state index in [9.17, 15) is 4.79 Å². The maximum Gasteiger partial charge on any atom is 0.219 e. The minimum atomic E-state index is 0.0723. The molecule has 0 fully saturated rings. The summed E-state index contributed by atoms with van der Waals surface area (Å²) in [5, 5.41) is 3.39. The van der Waals surface area contributed by atoms with Crippen LogP contribution in [0.1, 0.15) is 26.3 Å². The summed E-state index contributed by atoms with van der Waals surface area (Å²) in [7, 11) is 1.81. The third-order valence-electron chi connectivity index (χ3n) is 2.87. The van der Waals surface area contributed by atoms with Crippen molar-refractivity contribution in [1.82, 2.24) is 4.90 Å². The summed E-state index contributed by atoms with van der Waals surface area (Å²) in [4.78, 5) is 12.9. The van der Waals surface area contributed by atoms with Gasteiger partial charge < -0.3 is 15.0 Å². The zero-order valence-electron chi connectivity index (χ0n) is 12.3. The van der Waals surface area contributed by atoms with Gasteiger partial charge in [-0.1, -0.05) is 12.1 Å². The van der Waals surface area contributed by atoms with Gasteiger partial charge in [-0.15, -0.1) is 0 Å². The molecule has 0 aliphatic heterocycles. The first-order valence-electron chi connectivity index (χ1n) is 6.67. The van der Waals surface area contributed by atoms with Gasteiger partial charge in [-0.25, -0.2) is 0 Å². The molecule has 1 rings (SSSR count). The second-order valence-electron chi connectivity index (χ2n) is 4.78. The number of hydrogen-bond donors (Lipinski definition) is 1. The maximum absolute atomic E-state index is 11.2. The third kappa shape index (κ3) is 5.75. The molecule has 19 heavy (non-hydrogen) atoms. The summed E-state index contributed by atoms with van der Waals surface area (Å²) in [5.41, 5.74) is 2.17. The maximum atomic E-state index is 11.2. The number of hydrogen-bond acceptors (Lipinski definition) is 3. The van der Waals surface area contributed by atoms with E-state index in [1.807, 2.05) is 25.1 Å². The van der Waals surface area contributed by atoms with E-state index in [0.717, 1.165) is 17.9 Å². The van der Waals surface area contributed by atoms with Crippen molar-refractivity contribution in [1.29, 1.82) is 0 Å². The van der Waals surface area contributed by atoms with Crippen molar-refractivity contribution >= 4 is 11.6 Å². The zero-order valence-corrected chi connectivity index (χ0v) is 12.3. The zero-order chi connectivity index (χ0) is 14.3. The number of nitrogens with zero attached hydrogens (tertiary/aromatic N) is 1. The number of carbonyl (C=O) groups is 1. The van der Waals surface area contributed by atoms with Crippen LogP contribution in [0, 0.1) is 0 Å². The van der Waals surface area contributed by atoms with Crippen LogP contribution in [0.4, 0.5) is 5.69 Å². The van der Waals surface area contributed by atoms with Crippen LogP contribution in [-0.4, -0.2) is 37.1 Å². The van der Waals surface area contributed by atoms with Crippen LogP contribution < -0.4 is 5.32 Å². The molecule has 0 aliphatic carbocycles. The van der Waals surface area contributed by atoms with Crippen molar-refractivity contribution in [2.75, 3.05) is 25.6 Å². The summed E-state index contributed by atoms with van der Waals surface area (Å²) in [6.07, 6.45) is 0. The van der Waals surface area contributed by atoms with Gasteiger partial charge in [0.2, 0.25) is 5.91 Å². The van der Waals surface area contributed by atoms with E-state index < -0.39 is 0 Å². The minimum absolute atomic E-state index is 0.0723. The lowest BCUT2D eigenvalue weighted by Crippen LogP contribution is -2.23. The Morgan fingerprint density at radius 1 is 1.47 bits per heavy atom. The lowest BCUT2D eigenvalue weighted by Gasteiger charge is -2.18. The Morgan fingerprint density at radius 2 is 2.21 bits per heavy atom. The quantitative estimate of drug-likeness (QED) is 0.822. The molecule has 1 aromatic carbocycles. The predicted octanol–water partition coefficient (Wildman–Crippen LogP) is 2.50. The van der Waals surface area contributed by atoms with Crippen LogP contribution in [0.2, 0.25) is 0 Å². The van der Waals surface area contributed by atoms with E-state index in [2.05, 4.69) is 18.3 Å². The van der Waals surface area contributed by atoms with E-state index in [4.69, 9.17) is 4.74 Å². The Labute approximate surface area is 115 Å². The number of ether oxygens (including phenoxy) is 1. The monoisotopic (exact) mass is 264 g/mol. The lowest BCUT2D eigenvalue weighted by molar-refractivity contribution is -0.128. The molecule has 0 saturated heterocycles. The second kappa shape index (κ2) is 7.79. The van der Waals surface area contributed by atoms with E-state index in [0.29, 0.717) is 13.2 Å². The van der Waals surface area contributed by atoms with Crippen molar-refractivity contribution < 1.29 is 9.53 Å². The van der Waals surface area contributed by atoms with Gasteiger partial charge in [0.05, 0.1) is 6.61 Å². The van der Waals surface area contributed by atoms with Gasteiger partial charge in [0.25, 0.3) is 0 Å². The van der Waals surface area contributed by atoms with E-state index in [1.54, 1.807) is 18.9 Å². The Kier molecular flexibility index (Phi) is 6.36. The molecule has 106 valence electrons. The van der Waals surface area contributed by atoms with Crippen molar-refractivity contribution in [3.8, 4) is 0 Å². The topological polar surface area (TPSA) is 41.6 Å². The van der Waals surface area contributed by atoms with Gasteiger partial charge in [0.15, 0.2) is 0 Å². The number of amides is 1. The Bertz CT molecular complexity index is 407. The summed E-state index contributed by atoms with van der Waals surface area (Å²) in [5.74, 6) is 0.0723. The fraction of sp³-hybridized carbons (Fsp3) is 0.533. The first-order valence-corrected chi connectivity index (χ1v) is 6.67. The highest BCUT2D eigenvalue weighted by Crippen LogP contribution is 2.13. The average molecular weight is 264 g/mol. The molecule has 1 unspecified atom stereocenters. The highest BCUT2D eigenvalue weighted by atomic mass is 16.5. The summed E-state index contributed by atoms with van der Waals surface area (Å²) >= 11 is 0. The van der Waals surface area contributed by atoms with E-state index in [-0.39, 0.29) is 11.9 Å². The molecule has 0 saturated carbocycles. The molecule has 1 aromatic rings. The van der Waals surface area contributed by atoms with Gasteiger partial charge in [0.1, 0.15) is 0 Å². The van der Waals surface area contributed by atoms with E-state index in [1.165, 1.54) is 0 Å². The predicted molar refractivity (Wildman–Crippen MR) is 78.2 cm³/mol. The van der Waals surface area contributed by atoms with Gasteiger partial charge in [0, 0.05) is 38.9 Å².